The Morgan fingerprint density at radius 3 is 1.83 bits per heavy atom. The smallest absolute Gasteiger partial charge is 0.0929 e. The minimum atomic E-state index is 0.246. The highest BCUT2D eigenvalue weighted by Gasteiger charge is 2.23. The van der Waals surface area contributed by atoms with Crippen molar-refractivity contribution >= 4 is 0 Å². The fourth-order valence-electron chi connectivity index (χ4n) is 1.16. The molecule has 0 bridgehead atoms. The highest BCUT2D eigenvalue weighted by atomic mass is 15.1. The van der Waals surface area contributed by atoms with Gasteiger partial charge >= 0.3 is 0 Å². The summed E-state index contributed by atoms with van der Waals surface area (Å²) in [4.78, 5) is 1.59. The first-order valence-corrected chi connectivity index (χ1v) is 5.01. The molecule has 0 radical (unpaired) electrons. The Kier molecular flexibility index (Phi) is 4.80. The van der Waals surface area contributed by atoms with E-state index in [1.54, 1.807) is 4.90 Å². The molecule has 12 heavy (non-hydrogen) atoms. The zero-order chi connectivity index (χ0) is 9.78. The Morgan fingerprint density at radius 1 is 1.17 bits per heavy atom. The zero-order valence-electron chi connectivity index (χ0n) is 9.28. The van der Waals surface area contributed by atoms with Crippen molar-refractivity contribution in [1.29, 1.82) is 0 Å². The van der Waals surface area contributed by atoms with E-state index in [0.717, 1.165) is 6.54 Å². The van der Waals surface area contributed by atoms with E-state index >= 15 is 0 Å². The molecule has 1 atom stereocenters. The molecule has 0 aromatic carbocycles. The third-order valence-electron chi connectivity index (χ3n) is 2.62. The van der Waals surface area contributed by atoms with Crippen molar-refractivity contribution < 1.29 is 4.90 Å². The van der Waals surface area contributed by atoms with Crippen molar-refractivity contribution in [3.05, 3.63) is 0 Å². The predicted molar refractivity (Wildman–Crippen MR) is 54.3 cm³/mol. The van der Waals surface area contributed by atoms with E-state index in [9.17, 15) is 0 Å². The SMILES string of the molecule is CC[NH+](CC)C[C@@H](N)C(C)(C)C. The van der Waals surface area contributed by atoms with Gasteiger partial charge in [-0.3, -0.25) is 0 Å². The molecule has 0 aliphatic rings. The molecule has 0 aliphatic heterocycles. The van der Waals surface area contributed by atoms with Gasteiger partial charge in [-0.05, 0) is 19.3 Å². The minimum absolute atomic E-state index is 0.246. The molecule has 0 unspecified atom stereocenters. The Hall–Kier alpha value is -0.0800. The number of nitrogens with one attached hydrogen (secondary N) is 1. The molecule has 0 spiro atoms. The summed E-state index contributed by atoms with van der Waals surface area (Å²) >= 11 is 0. The summed E-state index contributed by atoms with van der Waals surface area (Å²) in [7, 11) is 0. The maximum absolute atomic E-state index is 6.08. The van der Waals surface area contributed by atoms with Crippen molar-refractivity contribution in [3.63, 3.8) is 0 Å². The Bertz CT molecular complexity index is 111. The van der Waals surface area contributed by atoms with Gasteiger partial charge in [-0.25, -0.2) is 0 Å². The molecule has 2 nitrogen and oxygen atoms in total. The number of nitrogens with two attached hydrogens (primary N) is 1. The first-order chi connectivity index (χ1) is 5.41. The predicted octanol–water partition coefficient (Wildman–Crippen LogP) is 0.285. The molecule has 2 heteroatoms. The lowest BCUT2D eigenvalue weighted by atomic mass is 9.87. The van der Waals surface area contributed by atoms with Gasteiger partial charge in [0.05, 0.1) is 25.7 Å². The largest absolute Gasteiger partial charge is 0.334 e. The van der Waals surface area contributed by atoms with Gasteiger partial charge in [-0.1, -0.05) is 20.8 Å². The summed E-state index contributed by atoms with van der Waals surface area (Å²) in [5.74, 6) is 0. The van der Waals surface area contributed by atoms with Crippen molar-refractivity contribution in [2.45, 2.75) is 40.7 Å². The molecule has 74 valence electrons. The fourth-order valence-corrected chi connectivity index (χ4v) is 1.16. The quantitative estimate of drug-likeness (QED) is 0.629. The van der Waals surface area contributed by atoms with E-state index in [0.29, 0.717) is 6.04 Å². The van der Waals surface area contributed by atoms with E-state index in [-0.39, 0.29) is 5.41 Å². The van der Waals surface area contributed by atoms with Crippen LogP contribution >= 0.6 is 0 Å². The van der Waals surface area contributed by atoms with Gasteiger partial charge < -0.3 is 10.6 Å². The summed E-state index contributed by atoms with van der Waals surface area (Å²) in [6.07, 6.45) is 0. The zero-order valence-corrected chi connectivity index (χ0v) is 9.28. The summed E-state index contributed by atoms with van der Waals surface area (Å²) < 4.78 is 0. The van der Waals surface area contributed by atoms with Crippen molar-refractivity contribution in [3.8, 4) is 0 Å². The lowest BCUT2D eigenvalue weighted by molar-refractivity contribution is -0.898. The first-order valence-electron chi connectivity index (χ1n) is 5.01. The molecule has 0 aliphatic carbocycles. The third-order valence-corrected chi connectivity index (χ3v) is 2.62. The summed E-state index contributed by atoms with van der Waals surface area (Å²) in [5.41, 5.74) is 6.33. The second-order valence-corrected chi connectivity index (χ2v) is 4.63. The van der Waals surface area contributed by atoms with Crippen LogP contribution in [0.5, 0.6) is 0 Å². The normalized spacial score (nSPS) is 15.2. The number of likely N-dealkylation sites (N-methyl/N-ethyl adjacent to an activating group) is 1. The molecule has 0 aromatic rings. The Labute approximate surface area is 77.1 Å². The average Bonchev–Trinajstić information content (AvgIpc) is 1.97. The fraction of sp³-hybridized carbons (Fsp3) is 1.00. The topological polar surface area (TPSA) is 30.5 Å². The van der Waals surface area contributed by atoms with Crippen LogP contribution in [0.1, 0.15) is 34.6 Å². The van der Waals surface area contributed by atoms with Crippen molar-refractivity contribution in [1.82, 2.24) is 0 Å². The molecule has 0 rings (SSSR count). The van der Waals surface area contributed by atoms with E-state index in [1.165, 1.54) is 13.1 Å². The van der Waals surface area contributed by atoms with E-state index in [4.69, 9.17) is 5.73 Å². The van der Waals surface area contributed by atoms with E-state index in [1.807, 2.05) is 0 Å². The van der Waals surface area contributed by atoms with E-state index < -0.39 is 0 Å². The van der Waals surface area contributed by atoms with Gasteiger partial charge in [0, 0.05) is 0 Å². The van der Waals surface area contributed by atoms with Crippen LogP contribution < -0.4 is 10.6 Å². The maximum atomic E-state index is 6.08. The lowest BCUT2D eigenvalue weighted by Gasteiger charge is -2.29. The Morgan fingerprint density at radius 2 is 1.58 bits per heavy atom. The molecule has 0 saturated carbocycles. The molecule has 0 amide bonds. The second-order valence-electron chi connectivity index (χ2n) is 4.63. The lowest BCUT2D eigenvalue weighted by Crippen LogP contribution is -3.13. The van der Waals surface area contributed by atoms with E-state index in [2.05, 4.69) is 34.6 Å². The standard InChI is InChI=1S/C10H24N2/c1-6-12(7-2)8-9(11)10(3,4)5/h9H,6-8,11H2,1-5H3/p+1/t9-/m1/s1. The van der Waals surface area contributed by atoms with Gasteiger partial charge in [-0.15, -0.1) is 0 Å². The van der Waals surface area contributed by atoms with Gasteiger partial charge in [0.25, 0.3) is 0 Å². The van der Waals surface area contributed by atoms with Crippen LogP contribution in [0.3, 0.4) is 0 Å². The van der Waals surface area contributed by atoms with Crippen molar-refractivity contribution in [2.24, 2.45) is 11.1 Å². The molecular formula is C10H25N2+. The molecule has 0 saturated heterocycles. The van der Waals surface area contributed by atoms with Crippen molar-refractivity contribution in [2.75, 3.05) is 19.6 Å². The van der Waals surface area contributed by atoms with Crippen LogP contribution in [-0.4, -0.2) is 25.7 Å². The second kappa shape index (κ2) is 4.83. The summed E-state index contributed by atoms with van der Waals surface area (Å²) in [6, 6.07) is 0.312. The Balaban J connectivity index is 3.90. The highest BCUT2D eigenvalue weighted by Crippen LogP contribution is 2.15. The molecular weight excluding hydrogens is 148 g/mol. The maximum Gasteiger partial charge on any atom is 0.0929 e. The van der Waals surface area contributed by atoms with Crippen LogP contribution in [-0.2, 0) is 0 Å². The molecule has 3 N–H and O–H groups in total. The average molecular weight is 173 g/mol. The van der Waals surface area contributed by atoms with Crippen LogP contribution in [0.2, 0.25) is 0 Å². The van der Waals surface area contributed by atoms with Gasteiger partial charge in [0.15, 0.2) is 0 Å². The molecule has 0 heterocycles. The third kappa shape index (κ3) is 4.07. The monoisotopic (exact) mass is 173 g/mol. The van der Waals surface area contributed by atoms with Gasteiger partial charge in [0.2, 0.25) is 0 Å². The van der Waals surface area contributed by atoms with Crippen LogP contribution in [0.25, 0.3) is 0 Å². The number of hydrogen-bond donors (Lipinski definition) is 2. The van der Waals surface area contributed by atoms with Gasteiger partial charge in [-0.2, -0.15) is 0 Å². The summed E-state index contributed by atoms with van der Waals surface area (Å²) in [6.45, 7) is 14.5. The minimum Gasteiger partial charge on any atom is -0.334 e. The highest BCUT2D eigenvalue weighted by molar-refractivity contribution is 4.75. The number of quaternary nitrogens is 1. The first kappa shape index (κ1) is 11.9. The van der Waals surface area contributed by atoms with Crippen LogP contribution in [0.4, 0.5) is 0 Å². The van der Waals surface area contributed by atoms with Gasteiger partial charge in [0.1, 0.15) is 0 Å². The number of hydrogen-bond acceptors (Lipinski definition) is 1. The van der Waals surface area contributed by atoms with Crippen LogP contribution in [0, 0.1) is 5.41 Å². The van der Waals surface area contributed by atoms with Crippen LogP contribution in [0.15, 0.2) is 0 Å². The number of rotatable bonds is 4. The summed E-state index contributed by atoms with van der Waals surface area (Å²) in [5, 5.41) is 0. The molecule has 0 aromatic heterocycles. The molecule has 0 fully saturated rings.